The van der Waals surface area contributed by atoms with E-state index in [1.165, 1.54) is 16.5 Å². The van der Waals surface area contributed by atoms with Gasteiger partial charge in [-0.15, -0.1) is 0 Å². The van der Waals surface area contributed by atoms with Crippen LogP contribution in [0.2, 0.25) is 0 Å². The van der Waals surface area contributed by atoms with Crippen LogP contribution in [0, 0.1) is 0 Å². The lowest BCUT2D eigenvalue weighted by molar-refractivity contribution is 0.0975. The maximum atomic E-state index is 6.02. The summed E-state index contributed by atoms with van der Waals surface area (Å²) in [7, 11) is 2.07. The Morgan fingerprint density at radius 1 is 1.08 bits per heavy atom. The standard InChI is InChI=1S/C21H19N3O2/c1-23-7-6-15-8-13(2-4-19(15)23)14-3-5-20-18(9-14)22-21(26-20)24-11-17-10-16(24)12-25-17/h2-9,16-17H,10-12H2,1H3. The van der Waals surface area contributed by atoms with Crippen LogP contribution in [0.1, 0.15) is 6.42 Å². The first-order valence-corrected chi connectivity index (χ1v) is 9.09. The fourth-order valence-electron chi connectivity index (χ4n) is 4.31. The minimum atomic E-state index is 0.336. The third kappa shape index (κ3) is 2.04. The molecule has 2 aliphatic rings. The third-order valence-corrected chi connectivity index (χ3v) is 5.74. The Balaban J connectivity index is 1.40. The zero-order valence-electron chi connectivity index (χ0n) is 14.6. The van der Waals surface area contributed by atoms with Crippen molar-refractivity contribution in [2.45, 2.75) is 18.6 Å². The average molecular weight is 345 g/mol. The molecule has 26 heavy (non-hydrogen) atoms. The molecule has 130 valence electrons. The molecule has 0 saturated carbocycles. The van der Waals surface area contributed by atoms with Gasteiger partial charge in [-0.25, -0.2) is 0 Å². The van der Waals surface area contributed by atoms with Crippen LogP contribution in [0.3, 0.4) is 0 Å². The molecule has 2 atom stereocenters. The van der Waals surface area contributed by atoms with Crippen molar-refractivity contribution in [3.63, 3.8) is 0 Å². The van der Waals surface area contributed by atoms with E-state index >= 15 is 0 Å². The molecule has 0 N–H and O–H groups in total. The number of benzene rings is 2. The average Bonchev–Trinajstić information content (AvgIpc) is 3.44. The topological polar surface area (TPSA) is 43.4 Å². The van der Waals surface area contributed by atoms with Gasteiger partial charge in [-0.3, -0.25) is 0 Å². The Kier molecular flexibility index (Phi) is 2.83. The molecule has 2 saturated heterocycles. The maximum absolute atomic E-state index is 6.02. The Labute approximate surface area is 150 Å². The number of morpholine rings is 1. The molecule has 2 aromatic carbocycles. The molecule has 0 radical (unpaired) electrons. The maximum Gasteiger partial charge on any atom is 0.298 e. The van der Waals surface area contributed by atoms with Crippen LogP contribution in [0.5, 0.6) is 0 Å². The molecular formula is C21H19N3O2. The van der Waals surface area contributed by atoms with Gasteiger partial charge in [-0.05, 0) is 47.9 Å². The van der Waals surface area contributed by atoms with Crippen LogP contribution in [-0.4, -0.2) is 34.8 Å². The number of hydrogen-bond donors (Lipinski definition) is 0. The first kappa shape index (κ1) is 14.4. The first-order chi connectivity index (χ1) is 12.7. The Hall–Kier alpha value is -2.79. The number of ether oxygens (including phenoxy) is 1. The molecule has 2 fully saturated rings. The molecule has 4 heterocycles. The van der Waals surface area contributed by atoms with E-state index < -0.39 is 0 Å². The van der Waals surface area contributed by atoms with E-state index in [0.29, 0.717) is 12.1 Å². The van der Waals surface area contributed by atoms with E-state index in [2.05, 4.69) is 59.1 Å². The Bertz CT molecular complexity index is 1140. The molecule has 6 rings (SSSR count). The van der Waals surface area contributed by atoms with Gasteiger partial charge < -0.3 is 18.6 Å². The highest BCUT2D eigenvalue weighted by Gasteiger charge is 2.41. The normalized spacial score (nSPS) is 22.1. The fraction of sp³-hybridized carbons (Fsp3) is 0.286. The molecule has 4 aromatic rings. The second-order valence-corrected chi connectivity index (χ2v) is 7.38. The second kappa shape index (κ2) is 5.11. The van der Waals surface area contributed by atoms with Gasteiger partial charge in [0, 0.05) is 30.7 Å². The van der Waals surface area contributed by atoms with Crippen LogP contribution in [-0.2, 0) is 11.8 Å². The molecule has 0 amide bonds. The highest BCUT2D eigenvalue weighted by molar-refractivity contribution is 5.88. The summed E-state index contributed by atoms with van der Waals surface area (Å²) < 4.78 is 13.8. The van der Waals surface area contributed by atoms with E-state index in [4.69, 9.17) is 14.1 Å². The molecule has 5 heteroatoms. The van der Waals surface area contributed by atoms with Gasteiger partial charge in [0.1, 0.15) is 5.52 Å². The van der Waals surface area contributed by atoms with E-state index in [-0.39, 0.29) is 0 Å². The smallest absolute Gasteiger partial charge is 0.298 e. The lowest BCUT2D eigenvalue weighted by Crippen LogP contribution is -2.37. The summed E-state index contributed by atoms with van der Waals surface area (Å²) in [5, 5.41) is 1.25. The number of nitrogens with zero attached hydrogens (tertiary/aromatic N) is 3. The summed E-state index contributed by atoms with van der Waals surface area (Å²) in [6, 6.07) is 16.1. The number of oxazole rings is 1. The number of rotatable bonds is 2. The number of aryl methyl sites for hydroxylation is 1. The van der Waals surface area contributed by atoms with Crippen molar-refractivity contribution in [2.75, 3.05) is 18.1 Å². The molecule has 5 nitrogen and oxygen atoms in total. The van der Waals surface area contributed by atoms with Crippen molar-refractivity contribution in [3.8, 4) is 11.1 Å². The number of fused-ring (bicyclic) bond motifs is 4. The van der Waals surface area contributed by atoms with Crippen LogP contribution in [0.4, 0.5) is 6.01 Å². The summed E-state index contributed by atoms with van der Waals surface area (Å²) in [5.74, 6) is 0. The molecule has 2 aromatic heterocycles. The predicted octanol–water partition coefficient (Wildman–Crippen LogP) is 3.96. The van der Waals surface area contributed by atoms with Crippen molar-refractivity contribution in [1.82, 2.24) is 9.55 Å². The highest BCUT2D eigenvalue weighted by atomic mass is 16.5. The number of aromatic nitrogens is 2. The molecule has 0 aliphatic carbocycles. The van der Waals surface area contributed by atoms with E-state index in [1.807, 2.05) is 6.07 Å². The monoisotopic (exact) mass is 345 g/mol. The van der Waals surface area contributed by atoms with Crippen molar-refractivity contribution >= 4 is 28.0 Å². The van der Waals surface area contributed by atoms with Crippen LogP contribution in [0.15, 0.2) is 53.1 Å². The molecule has 0 spiro atoms. The van der Waals surface area contributed by atoms with Crippen LogP contribution < -0.4 is 4.90 Å². The van der Waals surface area contributed by atoms with E-state index in [1.54, 1.807) is 0 Å². The summed E-state index contributed by atoms with van der Waals surface area (Å²) >= 11 is 0. The molecule has 2 unspecified atom stereocenters. The fourth-order valence-corrected chi connectivity index (χ4v) is 4.31. The minimum Gasteiger partial charge on any atom is -0.423 e. The van der Waals surface area contributed by atoms with Gasteiger partial charge in [0.05, 0.1) is 18.8 Å². The summed E-state index contributed by atoms with van der Waals surface area (Å²) in [4.78, 5) is 7.02. The van der Waals surface area contributed by atoms with Crippen molar-refractivity contribution in [2.24, 2.45) is 7.05 Å². The number of hydrogen-bond acceptors (Lipinski definition) is 4. The van der Waals surface area contributed by atoms with Crippen molar-refractivity contribution in [1.29, 1.82) is 0 Å². The predicted molar refractivity (Wildman–Crippen MR) is 101 cm³/mol. The molecule has 2 bridgehead atoms. The third-order valence-electron chi connectivity index (χ3n) is 5.74. The van der Waals surface area contributed by atoms with E-state index in [9.17, 15) is 0 Å². The van der Waals surface area contributed by atoms with Crippen LogP contribution in [0.25, 0.3) is 33.1 Å². The second-order valence-electron chi connectivity index (χ2n) is 7.38. The zero-order valence-corrected chi connectivity index (χ0v) is 14.6. The Morgan fingerprint density at radius 2 is 1.96 bits per heavy atom. The molecule has 2 aliphatic heterocycles. The van der Waals surface area contributed by atoms with Gasteiger partial charge >= 0.3 is 0 Å². The largest absolute Gasteiger partial charge is 0.423 e. The quantitative estimate of drug-likeness (QED) is 0.551. The SMILES string of the molecule is Cn1ccc2cc(-c3ccc4oc(N5CC6CC5CO6)nc4c3)ccc21. The van der Waals surface area contributed by atoms with Crippen LogP contribution >= 0.6 is 0 Å². The van der Waals surface area contributed by atoms with Crippen molar-refractivity contribution in [3.05, 3.63) is 48.7 Å². The van der Waals surface area contributed by atoms with Gasteiger partial charge in [0.25, 0.3) is 6.01 Å². The summed E-state index contributed by atoms with van der Waals surface area (Å²) in [6.45, 7) is 1.67. The first-order valence-electron chi connectivity index (χ1n) is 9.09. The zero-order chi connectivity index (χ0) is 17.3. The van der Waals surface area contributed by atoms with Gasteiger partial charge in [0.2, 0.25) is 0 Å². The van der Waals surface area contributed by atoms with Crippen molar-refractivity contribution < 1.29 is 9.15 Å². The summed E-state index contributed by atoms with van der Waals surface area (Å²) in [6.07, 6.45) is 3.51. The molecular weight excluding hydrogens is 326 g/mol. The minimum absolute atomic E-state index is 0.336. The van der Waals surface area contributed by atoms with Gasteiger partial charge in [0.15, 0.2) is 5.58 Å². The van der Waals surface area contributed by atoms with Gasteiger partial charge in [-0.2, -0.15) is 4.98 Å². The van der Waals surface area contributed by atoms with E-state index in [0.717, 1.165) is 42.3 Å². The Morgan fingerprint density at radius 3 is 2.81 bits per heavy atom. The lowest BCUT2D eigenvalue weighted by Gasteiger charge is -2.24. The van der Waals surface area contributed by atoms with Gasteiger partial charge in [-0.1, -0.05) is 12.1 Å². The number of anilines is 1. The lowest BCUT2D eigenvalue weighted by atomic mass is 10.0. The highest BCUT2D eigenvalue weighted by Crippen LogP contribution is 2.35. The summed E-state index contributed by atoms with van der Waals surface area (Å²) in [5.41, 5.74) is 5.35.